The Morgan fingerprint density at radius 1 is 0.938 bits per heavy atom. The largest absolute Gasteiger partial charge is 0.481 e. The molecular formula is C26H28N4O2. The van der Waals surface area contributed by atoms with E-state index < -0.39 is 0 Å². The topological polar surface area (TPSA) is 63.3 Å². The number of benzene rings is 1. The first-order chi connectivity index (χ1) is 15.7. The lowest BCUT2D eigenvalue weighted by Gasteiger charge is -2.31. The molecule has 6 heteroatoms. The summed E-state index contributed by atoms with van der Waals surface area (Å²) in [4.78, 5) is 14.8. The summed E-state index contributed by atoms with van der Waals surface area (Å²) < 4.78 is 10.7. The molecule has 0 aliphatic carbocycles. The minimum atomic E-state index is 0.420. The van der Waals surface area contributed by atoms with Crippen LogP contribution in [0.4, 0.5) is 0 Å². The van der Waals surface area contributed by atoms with Crippen LogP contribution in [0.15, 0.2) is 61.1 Å². The van der Waals surface area contributed by atoms with Crippen molar-refractivity contribution in [1.82, 2.24) is 19.9 Å². The predicted molar refractivity (Wildman–Crippen MR) is 127 cm³/mol. The number of ether oxygens (including phenoxy) is 2. The maximum Gasteiger partial charge on any atom is 0.212 e. The molecule has 3 aromatic heterocycles. The van der Waals surface area contributed by atoms with E-state index in [1.165, 1.54) is 11.1 Å². The molecular weight excluding hydrogens is 400 g/mol. The van der Waals surface area contributed by atoms with Crippen LogP contribution in [-0.2, 0) is 11.3 Å². The molecule has 0 bridgehead atoms. The normalized spacial score (nSPS) is 15.3. The van der Waals surface area contributed by atoms with Crippen molar-refractivity contribution in [2.45, 2.75) is 25.5 Å². The number of fused-ring (bicyclic) bond motifs is 1. The van der Waals surface area contributed by atoms with E-state index in [0.29, 0.717) is 12.0 Å². The van der Waals surface area contributed by atoms with Gasteiger partial charge in [-0.15, -0.1) is 0 Å². The number of H-pyrrole nitrogens is 1. The van der Waals surface area contributed by atoms with Crippen LogP contribution < -0.4 is 4.74 Å². The van der Waals surface area contributed by atoms with Crippen molar-refractivity contribution in [1.29, 1.82) is 0 Å². The molecule has 1 saturated heterocycles. The fourth-order valence-electron chi connectivity index (χ4n) is 4.42. The van der Waals surface area contributed by atoms with Gasteiger partial charge >= 0.3 is 0 Å². The van der Waals surface area contributed by atoms with E-state index in [1.54, 1.807) is 7.11 Å². The van der Waals surface area contributed by atoms with E-state index in [0.717, 1.165) is 60.2 Å². The number of aromatic nitrogens is 3. The molecule has 1 aliphatic heterocycles. The highest BCUT2D eigenvalue weighted by atomic mass is 16.5. The number of methoxy groups -OCH3 is 2. The second-order valence-electron chi connectivity index (χ2n) is 8.32. The van der Waals surface area contributed by atoms with Crippen LogP contribution in [-0.4, -0.2) is 53.3 Å². The van der Waals surface area contributed by atoms with Crippen molar-refractivity contribution in [3.63, 3.8) is 0 Å². The Morgan fingerprint density at radius 2 is 1.69 bits per heavy atom. The number of rotatable bonds is 6. The minimum absolute atomic E-state index is 0.420. The summed E-state index contributed by atoms with van der Waals surface area (Å²) in [7, 11) is 3.44. The molecule has 4 aromatic rings. The summed E-state index contributed by atoms with van der Waals surface area (Å²) in [6.07, 6.45) is 8.40. The first-order valence-corrected chi connectivity index (χ1v) is 11.1. The Hall–Kier alpha value is -3.22. The monoisotopic (exact) mass is 428 g/mol. The summed E-state index contributed by atoms with van der Waals surface area (Å²) in [5.74, 6) is 0.607. The molecule has 5 rings (SSSR count). The highest BCUT2D eigenvalue weighted by Crippen LogP contribution is 2.31. The van der Waals surface area contributed by atoms with Crippen molar-refractivity contribution in [2.75, 3.05) is 27.3 Å². The molecule has 0 atom stereocenters. The summed E-state index contributed by atoms with van der Waals surface area (Å²) in [5, 5.41) is 1.08. The average molecular weight is 429 g/mol. The molecule has 0 amide bonds. The molecule has 1 fully saturated rings. The van der Waals surface area contributed by atoms with Gasteiger partial charge in [0.2, 0.25) is 5.88 Å². The number of likely N-dealkylation sites (tertiary alicyclic amines) is 1. The molecule has 0 spiro atoms. The number of hydrogen-bond acceptors (Lipinski definition) is 5. The zero-order valence-electron chi connectivity index (χ0n) is 18.5. The lowest BCUT2D eigenvalue weighted by molar-refractivity contribution is 0.0389. The Kier molecular flexibility index (Phi) is 5.88. The molecule has 1 aromatic carbocycles. The molecule has 4 heterocycles. The fourth-order valence-corrected chi connectivity index (χ4v) is 4.42. The van der Waals surface area contributed by atoms with Crippen molar-refractivity contribution in [2.24, 2.45) is 0 Å². The Morgan fingerprint density at radius 3 is 2.38 bits per heavy atom. The smallest absolute Gasteiger partial charge is 0.212 e. The Balaban J connectivity index is 1.35. The van der Waals surface area contributed by atoms with Gasteiger partial charge in [-0.25, -0.2) is 9.97 Å². The molecule has 32 heavy (non-hydrogen) atoms. The van der Waals surface area contributed by atoms with Gasteiger partial charge in [0.1, 0.15) is 5.65 Å². The third-order valence-corrected chi connectivity index (χ3v) is 6.35. The maximum absolute atomic E-state index is 5.48. The zero-order chi connectivity index (χ0) is 21.9. The molecule has 6 nitrogen and oxygen atoms in total. The van der Waals surface area contributed by atoms with Gasteiger partial charge < -0.3 is 14.5 Å². The first-order valence-electron chi connectivity index (χ1n) is 11.1. The van der Waals surface area contributed by atoms with E-state index in [-0.39, 0.29) is 0 Å². The molecule has 0 unspecified atom stereocenters. The molecule has 1 N–H and O–H groups in total. The Labute approximate surface area is 188 Å². The molecule has 0 saturated carbocycles. The van der Waals surface area contributed by atoms with Gasteiger partial charge in [0.05, 0.1) is 13.2 Å². The lowest BCUT2D eigenvalue weighted by Crippen LogP contribution is -2.36. The van der Waals surface area contributed by atoms with Gasteiger partial charge in [-0.1, -0.05) is 24.3 Å². The van der Waals surface area contributed by atoms with Crippen LogP contribution in [0.1, 0.15) is 18.4 Å². The standard InChI is InChI=1S/C26H28N4O2/c1-31-22-9-11-30(12-10-22)17-18-3-5-19(6-4-18)21-13-23-24(16-29-26(23)28-15-21)20-7-8-25(32-2)27-14-20/h3-8,13-16,22H,9-12,17H2,1-2H3,(H,28,29). The first kappa shape index (κ1) is 20.7. The van der Waals surface area contributed by atoms with Gasteiger partial charge in [-0.05, 0) is 36.1 Å². The highest BCUT2D eigenvalue weighted by molar-refractivity contribution is 5.95. The van der Waals surface area contributed by atoms with E-state index in [2.05, 4.69) is 50.2 Å². The quantitative estimate of drug-likeness (QED) is 0.473. The Bertz CT molecular complexity index is 1180. The second-order valence-corrected chi connectivity index (χ2v) is 8.32. The summed E-state index contributed by atoms with van der Waals surface area (Å²) in [6, 6.07) is 14.9. The van der Waals surface area contributed by atoms with Gasteiger partial charge in [-0.3, -0.25) is 4.90 Å². The highest BCUT2D eigenvalue weighted by Gasteiger charge is 2.18. The predicted octanol–water partition coefficient (Wildman–Crippen LogP) is 4.91. The summed E-state index contributed by atoms with van der Waals surface area (Å²) in [5.41, 5.74) is 6.60. The van der Waals surface area contributed by atoms with Crippen molar-refractivity contribution in [3.05, 3.63) is 66.6 Å². The number of pyridine rings is 2. The van der Waals surface area contributed by atoms with Gasteiger partial charge in [0.15, 0.2) is 0 Å². The van der Waals surface area contributed by atoms with Gasteiger partial charge in [0, 0.05) is 73.5 Å². The number of nitrogens with one attached hydrogen (secondary N) is 1. The lowest BCUT2D eigenvalue weighted by atomic mass is 10.0. The van der Waals surface area contributed by atoms with Crippen LogP contribution in [0.2, 0.25) is 0 Å². The molecule has 1 aliphatic rings. The maximum atomic E-state index is 5.48. The van der Waals surface area contributed by atoms with Gasteiger partial charge in [0.25, 0.3) is 0 Å². The summed E-state index contributed by atoms with van der Waals surface area (Å²) >= 11 is 0. The zero-order valence-corrected chi connectivity index (χ0v) is 18.5. The van der Waals surface area contributed by atoms with E-state index in [9.17, 15) is 0 Å². The third kappa shape index (κ3) is 4.24. The summed E-state index contributed by atoms with van der Waals surface area (Å²) in [6.45, 7) is 3.18. The third-order valence-electron chi connectivity index (χ3n) is 6.35. The second kappa shape index (κ2) is 9.10. The van der Waals surface area contributed by atoms with E-state index in [1.807, 2.05) is 37.8 Å². The number of aromatic amines is 1. The van der Waals surface area contributed by atoms with Crippen LogP contribution in [0.25, 0.3) is 33.3 Å². The van der Waals surface area contributed by atoms with Crippen molar-refractivity contribution in [3.8, 4) is 28.1 Å². The van der Waals surface area contributed by atoms with E-state index in [4.69, 9.17) is 9.47 Å². The van der Waals surface area contributed by atoms with Crippen LogP contribution >= 0.6 is 0 Å². The number of nitrogens with zero attached hydrogens (tertiary/aromatic N) is 3. The fraction of sp³-hybridized carbons (Fsp3) is 0.308. The minimum Gasteiger partial charge on any atom is -0.481 e. The van der Waals surface area contributed by atoms with Crippen LogP contribution in [0.3, 0.4) is 0 Å². The molecule has 0 radical (unpaired) electrons. The number of piperidine rings is 1. The average Bonchev–Trinajstić information content (AvgIpc) is 3.28. The van der Waals surface area contributed by atoms with Crippen molar-refractivity contribution < 1.29 is 9.47 Å². The van der Waals surface area contributed by atoms with Crippen molar-refractivity contribution >= 4 is 11.0 Å². The van der Waals surface area contributed by atoms with Crippen LogP contribution in [0.5, 0.6) is 5.88 Å². The van der Waals surface area contributed by atoms with E-state index >= 15 is 0 Å². The SMILES string of the molecule is COc1ccc(-c2c[nH]c3ncc(-c4ccc(CN5CCC(OC)CC5)cc4)cc23)cn1. The van der Waals surface area contributed by atoms with Gasteiger partial charge in [-0.2, -0.15) is 0 Å². The molecule has 164 valence electrons. The van der Waals surface area contributed by atoms with Crippen LogP contribution in [0, 0.1) is 0 Å². The number of hydrogen-bond donors (Lipinski definition) is 1.